The van der Waals surface area contributed by atoms with E-state index < -0.39 is 0 Å². The minimum Gasteiger partial charge on any atom is -0.379 e. The molecular formula is C16H23ClN2O2. The summed E-state index contributed by atoms with van der Waals surface area (Å²) in [5.74, 6) is 0.0746. The van der Waals surface area contributed by atoms with Crippen molar-refractivity contribution in [1.29, 1.82) is 0 Å². The number of carbonyl (C=O) groups excluding carboxylic acids is 1. The molecule has 21 heavy (non-hydrogen) atoms. The van der Waals surface area contributed by atoms with Crippen molar-refractivity contribution in [3.8, 4) is 0 Å². The maximum Gasteiger partial charge on any atom is 0.253 e. The summed E-state index contributed by atoms with van der Waals surface area (Å²) in [5.41, 5.74) is 1.65. The van der Waals surface area contributed by atoms with Crippen LogP contribution in [0.4, 0.5) is 0 Å². The number of likely N-dealkylation sites (N-methyl/N-ethyl adjacent to an activating group) is 1. The monoisotopic (exact) mass is 310 g/mol. The van der Waals surface area contributed by atoms with Gasteiger partial charge in [0.15, 0.2) is 0 Å². The number of halogens is 1. The highest BCUT2D eigenvalue weighted by Gasteiger charge is 2.17. The van der Waals surface area contributed by atoms with Gasteiger partial charge in [-0.3, -0.25) is 9.69 Å². The van der Waals surface area contributed by atoms with Gasteiger partial charge < -0.3 is 9.64 Å². The van der Waals surface area contributed by atoms with Crippen LogP contribution in [0, 0.1) is 6.92 Å². The maximum atomic E-state index is 12.6. The molecule has 2 rings (SSSR count). The van der Waals surface area contributed by atoms with E-state index in [4.69, 9.17) is 16.3 Å². The van der Waals surface area contributed by atoms with E-state index >= 15 is 0 Å². The smallest absolute Gasteiger partial charge is 0.253 e. The average Bonchev–Trinajstić information content (AvgIpc) is 2.51. The average molecular weight is 311 g/mol. The lowest BCUT2D eigenvalue weighted by Crippen LogP contribution is -2.43. The topological polar surface area (TPSA) is 32.8 Å². The molecule has 1 aromatic rings. The van der Waals surface area contributed by atoms with E-state index in [9.17, 15) is 4.79 Å². The van der Waals surface area contributed by atoms with Crippen LogP contribution in [-0.2, 0) is 4.74 Å². The van der Waals surface area contributed by atoms with Crippen LogP contribution in [0.15, 0.2) is 18.2 Å². The number of nitrogens with zero attached hydrogens (tertiary/aromatic N) is 2. The third kappa shape index (κ3) is 4.43. The van der Waals surface area contributed by atoms with Gasteiger partial charge >= 0.3 is 0 Å². The lowest BCUT2D eigenvalue weighted by molar-refractivity contribution is 0.0328. The zero-order chi connectivity index (χ0) is 15.2. The highest BCUT2D eigenvalue weighted by Crippen LogP contribution is 2.17. The minimum atomic E-state index is 0.0746. The van der Waals surface area contributed by atoms with Gasteiger partial charge in [0.25, 0.3) is 5.91 Å². The Bertz CT molecular complexity index is 487. The van der Waals surface area contributed by atoms with Crippen LogP contribution in [0.2, 0.25) is 5.02 Å². The molecule has 0 spiro atoms. The highest BCUT2D eigenvalue weighted by molar-refractivity contribution is 6.31. The molecule has 0 saturated carbocycles. The van der Waals surface area contributed by atoms with E-state index in [1.807, 2.05) is 24.8 Å². The highest BCUT2D eigenvalue weighted by atomic mass is 35.5. The van der Waals surface area contributed by atoms with E-state index in [0.29, 0.717) is 17.1 Å². The summed E-state index contributed by atoms with van der Waals surface area (Å²) < 4.78 is 5.34. The Morgan fingerprint density at radius 2 is 2.10 bits per heavy atom. The number of benzene rings is 1. The first-order valence-corrected chi connectivity index (χ1v) is 7.85. The first-order chi connectivity index (χ1) is 10.1. The number of hydrogen-bond donors (Lipinski definition) is 0. The molecule has 1 aliphatic heterocycles. The van der Waals surface area contributed by atoms with E-state index in [-0.39, 0.29) is 5.91 Å². The molecule has 1 saturated heterocycles. The summed E-state index contributed by atoms with van der Waals surface area (Å²) in [5, 5.41) is 0.697. The van der Waals surface area contributed by atoms with Crippen LogP contribution < -0.4 is 0 Å². The Kier molecular flexibility index (Phi) is 6.03. The molecule has 0 radical (unpaired) electrons. The van der Waals surface area contributed by atoms with Crippen LogP contribution in [0.1, 0.15) is 22.8 Å². The van der Waals surface area contributed by atoms with Crippen molar-refractivity contribution in [3.63, 3.8) is 0 Å². The first kappa shape index (κ1) is 16.3. The predicted octanol–water partition coefficient (Wildman–Crippen LogP) is 2.44. The summed E-state index contributed by atoms with van der Waals surface area (Å²) in [4.78, 5) is 16.8. The normalized spacial score (nSPS) is 16.0. The van der Waals surface area contributed by atoms with Crippen molar-refractivity contribution < 1.29 is 9.53 Å². The molecular weight excluding hydrogens is 288 g/mol. The molecule has 1 fully saturated rings. The Hall–Kier alpha value is -1.10. The molecule has 1 aromatic carbocycles. The Labute approximate surface area is 131 Å². The van der Waals surface area contributed by atoms with Crippen LogP contribution in [0.5, 0.6) is 0 Å². The number of amides is 1. The Balaban J connectivity index is 1.95. The van der Waals surface area contributed by atoms with Crippen LogP contribution in [-0.4, -0.2) is 61.6 Å². The molecule has 1 amide bonds. The lowest BCUT2D eigenvalue weighted by atomic mass is 10.1. The van der Waals surface area contributed by atoms with Crippen molar-refractivity contribution in [2.24, 2.45) is 0 Å². The molecule has 0 atom stereocenters. The Morgan fingerprint density at radius 3 is 2.71 bits per heavy atom. The van der Waals surface area contributed by atoms with E-state index in [2.05, 4.69) is 4.90 Å². The van der Waals surface area contributed by atoms with Gasteiger partial charge in [-0.25, -0.2) is 0 Å². The minimum absolute atomic E-state index is 0.0746. The summed E-state index contributed by atoms with van der Waals surface area (Å²) in [6.07, 6.45) is 0. The van der Waals surface area contributed by atoms with Crippen molar-refractivity contribution in [2.75, 3.05) is 45.9 Å². The number of carbonyl (C=O) groups is 1. The van der Waals surface area contributed by atoms with Gasteiger partial charge in [0, 0.05) is 43.3 Å². The molecule has 0 unspecified atom stereocenters. The van der Waals surface area contributed by atoms with Crippen LogP contribution in [0.25, 0.3) is 0 Å². The molecule has 4 nitrogen and oxygen atoms in total. The van der Waals surface area contributed by atoms with E-state index in [0.717, 1.165) is 45.0 Å². The molecule has 0 bridgehead atoms. The molecule has 0 aliphatic carbocycles. The van der Waals surface area contributed by atoms with Gasteiger partial charge in [0.05, 0.1) is 13.2 Å². The fourth-order valence-electron chi connectivity index (χ4n) is 2.45. The number of rotatable bonds is 5. The van der Waals surface area contributed by atoms with Gasteiger partial charge in [-0.05, 0) is 37.6 Å². The van der Waals surface area contributed by atoms with Crippen molar-refractivity contribution in [1.82, 2.24) is 9.80 Å². The zero-order valence-corrected chi connectivity index (χ0v) is 13.5. The van der Waals surface area contributed by atoms with Gasteiger partial charge in [-0.1, -0.05) is 11.6 Å². The third-order valence-corrected chi connectivity index (χ3v) is 4.29. The molecule has 0 N–H and O–H groups in total. The second-order valence-corrected chi connectivity index (χ2v) is 5.71. The number of hydrogen-bond acceptors (Lipinski definition) is 3. The summed E-state index contributed by atoms with van der Waals surface area (Å²) in [6, 6.07) is 5.46. The molecule has 1 aliphatic rings. The van der Waals surface area contributed by atoms with Crippen molar-refractivity contribution in [3.05, 3.63) is 34.3 Å². The lowest BCUT2D eigenvalue weighted by Gasteiger charge is -2.29. The van der Waals surface area contributed by atoms with Crippen molar-refractivity contribution in [2.45, 2.75) is 13.8 Å². The van der Waals surface area contributed by atoms with Crippen LogP contribution in [0.3, 0.4) is 0 Å². The molecule has 116 valence electrons. The first-order valence-electron chi connectivity index (χ1n) is 7.47. The summed E-state index contributed by atoms with van der Waals surface area (Å²) in [7, 11) is 0. The standard InChI is InChI=1S/C16H23ClN2O2/c1-3-19(7-6-18-8-10-21-11-9-18)16(20)14-4-5-15(17)13(2)12-14/h4-5,12H,3,6-11H2,1-2H3. The zero-order valence-electron chi connectivity index (χ0n) is 12.8. The SMILES string of the molecule is CCN(CCN1CCOCC1)C(=O)c1ccc(Cl)c(C)c1. The molecule has 1 heterocycles. The van der Waals surface area contributed by atoms with Gasteiger partial charge in [0.2, 0.25) is 0 Å². The van der Waals surface area contributed by atoms with E-state index in [1.165, 1.54) is 0 Å². The van der Waals surface area contributed by atoms with Gasteiger partial charge in [0.1, 0.15) is 0 Å². The molecule has 0 aromatic heterocycles. The predicted molar refractivity (Wildman–Crippen MR) is 85.0 cm³/mol. The number of morpholine rings is 1. The third-order valence-electron chi connectivity index (χ3n) is 3.86. The summed E-state index contributed by atoms with van der Waals surface area (Å²) in [6.45, 7) is 9.77. The fraction of sp³-hybridized carbons (Fsp3) is 0.562. The fourth-order valence-corrected chi connectivity index (χ4v) is 2.57. The quantitative estimate of drug-likeness (QED) is 0.837. The number of aryl methyl sites for hydroxylation is 1. The van der Waals surface area contributed by atoms with Gasteiger partial charge in [-0.2, -0.15) is 0 Å². The maximum absolute atomic E-state index is 12.6. The number of ether oxygens (including phenoxy) is 1. The second-order valence-electron chi connectivity index (χ2n) is 5.30. The van der Waals surface area contributed by atoms with Gasteiger partial charge in [-0.15, -0.1) is 0 Å². The largest absolute Gasteiger partial charge is 0.379 e. The molecule has 5 heteroatoms. The second kappa shape index (κ2) is 7.78. The summed E-state index contributed by atoms with van der Waals surface area (Å²) >= 11 is 6.02. The Morgan fingerprint density at radius 1 is 1.38 bits per heavy atom. The van der Waals surface area contributed by atoms with Crippen LogP contribution >= 0.6 is 11.6 Å². The van der Waals surface area contributed by atoms with Crippen molar-refractivity contribution >= 4 is 17.5 Å². The van der Waals surface area contributed by atoms with E-state index in [1.54, 1.807) is 12.1 Å².